The van der Waals surface area contributed by atoms with Crippen molar-refractivity contribution < 1.29 is 9.53 Å². The number of piperazine rings is 1. The van der Waals surface area contributed by atoms with Crippen molar-refractivity contribution in [2.45, 2.75) is 25.8 Å². The van der Waals surface area contributed by atoms with Crippen molar-refractivity contribution in [2.24, 2.45) is 0 Å². The van der Waals surface area contributed by atoms with Gasteiger partial charge in [0, 0.05) is 39.3 Å². The summed E-state index contributed by atoms with van der Waals surface area (Å²) < 4.78 is 5.79. The minimum atomic E-state index is -0.0966. The Morgan fingerprint density at radius 2 is 1.59 bits per heavy atom. The molecule has 5 nitrogen and oxygen atoms in total. The van der Waals surface area contributed by atoms with Gasteiger partial charge in [0.05, 0.1) is 6.04 Å². The molecular weight excluding hydrogens is 362 g/mol. The van der Waals surface area contributed by atoms with Crippen LogP contribution in [0.4, 0.5) is 0 Å². The van der Waals surface area contributed by atoms with E-state index in [0.717, 1.165) is 38.5 Å². The number of amides is 1. The van der Waals surface area contributed by atoms with E-state index in [0.29, 0.717) is 19.1 Å². The Bertz CT molecular complexity index is 730. The number of hydrogen-bond acceptors (Lipinski definition) is 4. The average Bonchev–Trinajstić information content (AvgIpc) is 2.78. The van der Waals surface area contributed by atoms with Crippen molar-refractivity contribution in [2.75, 3.05) is 45.9 Å². The Hall–Kier alpha value is -2.37. The molecule has 2 unspecified atom stereocenters. The van der Waals surface area contributed by atoms with E-state index in [1.165, 1.54) is 5.56 Å². The maximum atomic E-state index is 12.6. The van der Waals surface area contributed by atoms with E-state index in [1.807, 2.05) is 55.5 Å². The first-order valence-corrected chi connectivity index (χ1v) is 10.6. The lowest BCUT2D eigenvalue weighted by atomic mass is 10.0. The first-order chi connectivity index (χ1) is 14.1. The van der Waals surface area contributed by atoms with Crippen LogP contribution in [0.25, 0.3) is 0 Å². The maximum Gasteiger partial charge on any atom is 0.237 e. The Kier molecular flexibility index (Phi) is 8.08. The van der Waals surface area contributed by atoms with Crippen LogP contribution < -0.4 is 10.1 Å². The third-order valence-electron chi connectivity index (χ3n) is 5.70. The smallest absolute Gasteiger partial charge is 0.237 e. The van der Waals surface area contributed by atoms with Gasteiger partial charge in [0.15, 0.2) is 0 Å². The van der Waals surface area contributed by atoms with Gasteiger partial charge in [0.2, 0.25) is 5.91 Å². The molecule has 5 heteroatoms. The van der Waals surface area contributed by atoms with Crippen LogP contribution in [0.15, 0.2) is 60.7 Å². The molecule has 0 spiro atoms. The second-order valence-electron chi connectivity index (χ2n) is 7.77. The number of nitrogens with one attached hydrogen (secondary N) is 1. The fourth-order valence-electron chi connectivity index (χ4n) is 3.65. The van der Waals surface area contributed by atoms with Gasteiger partial charge in [-0.2, -0.15) is 0 Å². The molecule has 1 aliphatic heterocycles. The Labute approximate surface area is 174 Å². The van der Waals surface area contributed by atoms with Crippen LogP contribution in [0.2, 0.25) is 0 Å². The largest absolute Gasteiger partial charge is 0.492 e. The molecule has 2 aromatic carbocycles. The summed E-state index contributed by atoms with van der Waals surface area (Å²) in [4.78, 5) is 17.3. The molecule has 1 saturated heterocycles. The quantitative estimate of drug-likeness (QED) is 0.709. The third-order valence-corrected chi connectivity index (χ3v) is 5.70. The van der Waals surface area contributed by atoms with E-state index in [1.54, 1.807) is 0 Å². The highest BCUT2D eigenvalue weighted by atomic mass is 16.5. The summed E-state index contributed by atoms with van der Waals surface area (Å²) in [5, 5.41) is 3.13. The van der Waals surface area contributed by atoms with Gasteiger partial charge in [-0.1, -0.05) is 55.5 Å². The molecule has 0 radical (unpaired) electrons. The molecule has 2 aromatic rings. The van der Waals surface area contributed by atoms with Crippen LogP contribution in [0.1, 0.15) is 25.3 Å². The fourth-order valence-corrected chi connectivity index (χ4v) is 3.65. The standard InChI is InChI=1S/C24H33N3O2/c1-20(22-9-5-3-6-10-22)19-25-24(28)21(2)27-15-13-26(14-16-27)17-18-29-23-11-7-4-8-12-23/h3-12,20-21H,13-19H2,1-2H3,(H,25,28). The predicted octanol–water partition coefficient (Wildman–Crippen LogP) is 2.99. The molecular formula is C24H33N3O2. The lowest BCUT2D eigenvalue weighted by Crippen LogP contribution is -2.54. The van der Waals surface area contributed by atoms with Crippen molar-refractivity contribution in [1.82, 2.24) is 15.1 Å². The van der Waals surface area contributed by atoms with E-state index < -0.39 is 0 Å². The van der Waals surface area contributed by atoms with Gasteiger partial charge in [-0.3, -0.25) is 14.6 Å². The van der Waals surface area contributed by atoms with Crippen molar-refractivity contribution in [3.8, 4) is 5.75 Å². The number of para-hydroxylation sites is 1. The number of hydrogen-bond donors (Lipinski definition) is 1. The molecule has 0 aromatic heterocycles. The predicted molar refractivity (Wildman–Crippen MR) is 117 cm³/mol. The third kappa shape index (κ3) is 6.58. The van der Waals surface area contributed by atoms with E-state index in [-0.39, 0.29) is 11.9 Å². The average molecular weight is 396 g/mol. The van der Waals surface area contributed by atoms with E-state index in [2.05, 4.69) is 34.2 Å². The molecule has 3 rings (SSSR count). The van der Waals surface area contributed by atoms with Gasteiger partial charge in [-0.05, 0) is 30.5 Å². The Balaban J connectivity index is 1.34. The van der Waals surface area contributed by atoms with Crippen molar-refractivity contribution in [3.05, 3.63) is 66.2 Å². The summed E-state index contributed by atoms with van der Waals surface area (Å²) in [7, 11) is 0. The van der Waals surface area contributed by atoms with Crippen LogP contribution in [0, 0.1) is 0 Å². The zero-order valence-electron chi connectivity index (χ0n) is 17.6. The number of carbonyl (C=O) groups is 1. The Morgan fingerprint density at radius 1 is 0.966 bits per heavy atom. The van der Waals surface area contributed by atoms with Crippen LogP contribution in [0.3, 0.4) is 0 Å². The molecule has 29 heavy (non-hydrogen) atoms. The highest BCUT2D eigenvalue weighted by Gasteiger charge is 2.25. The lowest BCUT2D eigenvalue weighted by molar-refractivity contribution is -0.126. The monoisotopic (exact) mass is 395 g/mol. The zero-order valence-corrected chi connectivity index (χ0v) is 17.6. The van der Waals surface area contributed by atoms with E-state index in [9.17, 15) is 4.79 Å². The molecule has 1 amide bonds. The number of rotatable bonds is 9. The summed E-state index contributed by atoms with van der Waals surface area (Å²) in [6, 6.07) is 20.2. The molecule has 0 aliphatic carbocycles. The van der Waals surface area contributed by atoms with Crippen LogP contribution in [-0.4, -0.2) is 67.6 Å². The first-order valence-electron chi connectivity index (χ1n) is 10.6. The van der Waals surface area contributed by atoms with Gasteiger partial charge in [-0.15, -0.1) is 0 Å². The van der Waals surface area contributed by atoms with E-state index >= 15 is 0 Å². The van der Waals surface area contributed by atoms with Crippen molar-refractivity contribution >= 4 is 5.91 Å². The lowest BCUT2D eigenvalue weighted by Gasteiger charge is -2.37. The molecule has 1 fully saturated rings. The fraction of sp³-hybridized carbons (Fsp3) is 0.458. The summed E-state index contributed by atoms with van der Waals surface area (Å²) in [6.07, 6.45) is 0. The van der Waals surface area contributed by atoms with Crippen LogP contribution >= 0.6 is 0 Å². The molecule has 1 heterocycles. The first kappa shape index (κ1) is 21.3. The van der Waals surface area contributed by atoms with Crippen LogP contribution in [-0.2, 0) is 4.79 Å². The molecule has 1 aliphatic rings. The van der Waals surface area contributed by atoms with E-state index in [4.69, 9.17) is 4.74 Å². The summed E-state index contributed by atoms with van der Waals surface area (Å²) in [6.45, 7) is 10.2. The van der Waals surface area contributed by atoms with Gasteiger partial charge in [-0.25, -0.2) is 0 Å². The summed E-state index contributed by atoms with van der Waals surface area (Å²) in [5.74, 6) is 1.35. The molecule has 1 N–H and O–H groups in total. The molecule has 0 bridgehead atoms. The number of carbonyl (C=O) groups excluding carboxylic acids is 1. The minimum absolute atomic E-state index is 0.0966. The van der Waals surface area contributed by atoms with Gasteiger partial charge in [0.1, 0.15) is 12.4 Å². The number of nitrogens with zero attached hydrogens (tertiary/aromatic N) is 2. The maximum absolute atomic E-state index is 12.6. The normalized spacial score (nSPS) is 17.4. The molecule has 156 valence electrons. The Morgan fingerprint density at radius 3 is 2.24 bits per heavy atom. The van der Waals surface area contributed by atoms with Gasteiger partial charge in [0.25, 0.3) is 0 Å². The minimum Gasteiger partial charge on any atom is -0.492 e. The summed E-state index contributed by atoms with van der Waals surface area (Å²) in [5.41, 5.74) is 1.26. The molecule has 0 saturated carbocycles. The van der Waals surface area contributed by atoms with Crippen LogP contribution in [0.5, 0.6) is 5.75 Å². The topological polar surface area (TPSA) is 44.8 Å². The number of ether oxygens (including phenoxy) is 1. The second kappa shape index (κ2) is 11.0. The van der Waals surface area contributed by atoms with Gasteiger partial charge < -0.3 is 10.1 Å². The zero-order chi connectivity index (χ0) is 20.5. The highest BCUT2D eigenvalue weighted by Crippen LogP contribution is 2.14. The van der Waals surface area contributed by atoms with Crippen molar-refractivity contribution in [1.29, 1.82) is 0 Å². The SMILES string of the molecule is CC(CNC(=O)C(C)N1CCN(CCOc2ccccc2)CC1)c1ccccc1. The van der Waals surface area contributed by atoms with Gasteiger partial charge >= 0.3 is 0 Å². The van der Waals surface area contributed by atoms with Crippen molar-refractivity contribution in [3.63, 3.8) is 0 Å². The number of benzene rings is 2. The highest BCUT2D eigenvalue weighted by molar-refractivity contribution is 5.81. The molecule has 2 atom stereocenters. The summed E-state index contributed by atoms with van der Waals surface area (Å²) >= 11 is 0. The second-order valence-corrected chi connectivity index (χ2v) is 7.77.